The second-order valence-electron chi connectivity index (χ2n) is 8.26. The molecule has 1 unspecified atom stereocenters. The Bertz CT molecular complexity index is 1120. The van der Waals surface area contributed by atoms with Gasteiger partial charge in [0.15, 0.2) is 0 Å². The fraction of sp³-hybridized carbons (Fsp3) is 0.259. The smallest absolute Gasteiger partial charge is 0.408 e. The molecule has 0 aliphatic heterocycles. The van der Waals surface area contributed by atoms with E-state index in [9.17, 15) is 19.3 Å². The minimum atomic E-state index is -3.63. The standard InChI is InChI=1S/C27H30NO6P/c1-35(32,34-18-17-21-11-5-2-6-12-21)25(24(26(29)30)19-22-13-7-3-8-14-22)28-27(31)33-20-23-15-9-4-10-16-23/h2-16,24-25H,17-20H2,1H3,(H,28,31)(H,29,30)/t24-,25+,35?/m0/s1. The number of carbonyl (C=O) groups is 2. The van der Waals surface area contributed by atoms with Crippen LogP contribution in [0.5, 0.6) is 0 Å². The van der Waals surface area contributed by atoms with Gasteiger partial charge in [-0.25, -0.2) is 4.79 Å². The van der Waals surface area contributed by atoms with E-state index < -0.39 is 31.1 Å². The Morgan fingerprint density at radius 2 is 1.37 bits per heavy atom. The maximum atomic E-state index is 13.7. The van der Waals surface area contributed by atoms with Crippen molar-refractivity contribution < 1.29 is 28.5 Å². The van der Waals surface area contributed by atoms with Gasteiger partial charge in [0, 0.05) is 6.66 Å². The number of amides is 1. The van der Waals surface area contributed by atoms with Crippen LogP contribution in [0.3, 0.4) is 0 Å². The first-order chi connectivity index (χ1) is 16.8. The summed E-state index contributed by atoms with van der Waals surface area (Å²) in [7, 11) is -3.63. The Morgan fingerprint density at radius 1 is 0.857 bits per heavy atom. The minimum absolute atomic E-state index is 0.00129. The van der Waals surface area contributed by atoms with Crippen LogP contribution in [0.4, 0.5) is 4.79 Å². The lowest BCUT2D eigenvalue weighted by molar-refractivity contribution is -0.142. The van der Waals surface area contributed by atoms with E-state index in [1.54, 1.807) is 36.4 Å². The summed E-state index contributed by atoms with van der Waals surface area (Å²) in [6.45, 7) is 1.48. The van der Waals surface area contributed by atoms with Crippen molar-refractivity contribution in [1.29, 1.82) is 0 Å². The van der Waals surface area contributed by atoms with Gasteiger partial charge in [0.25, 0.3) is 0 Å². The molecule has 0 spiro atoms. The number of carbonyl (C=O) groups excluding carboxylic acids is 1. The number of nitrogens with one attached hydrogen (secondary N) is 1. The predicted octanol–water partition coefficient (Wildman–Crippen LogP) is 5.35. The molecule has 0 aliphatic rings. The molecular formula is C27H30NO6P. The van der Waals surface area contributed by atoms with E-state index in [1.807, 2.05) is 54.6 Å². The number of carboxylic acids is 1. The molecule has 8 heteroatoms. The molecule has 184 valence electrons. The molecule has 3 atom stereocenters. The summed E-state index contributed by atoms with van der Waals surface area (Å²) in [6.07, 6.45) is -0.285. The molecule has 0 aromatic heterocycles. The van der Waals surface area contributed by atoms with Gasteiger partial charge in [-0.15, -0.1) is 0 Å². The monoisotopic (exact) mass is 495 g/mol. The SMILES string of the molecule is CP(=O)(OCCc1ccccc1)[C@@H](NC(=O)OCc1ccccc1)[C@H](Cc1ccccc1)C(=O)O. The van der Waals surface area contributed by atoms with Gasteiger partial charge in [-0.1, -0.05) is 91.0 Å². The highest BCUT2D eigenvalue weighted by molar-refractivity contribution is 7.59. The van der Waals surface area contributed by atoms with E-state index in [0.29, 0.717) is 6.42 Å². The number of alkyl carbamates (subject to hydrolysis) is 1. The minimum Gasteiger partial charge on any atom is -0.481 e. The normalized spacial score (nSPS) is 14.3. The van der Waals surface area contributed by atoms with E-state index >= 15 is 0 Å². The zero-order valence-electron chi connectivity index (χ0n) is 19.6. The lowest BCUT2D eigenvalue weighted by Crippen LogP contribution is -2.44. The van der Waals surface area contributed by atoms with Gasteiger partial charge in [-0.05, 0) is 29.5 Å². The third-order valence-electron chi connectivity index (χ3n) is 5.56. The molecule has 2 N–H and O–H groups in total. The Morgan fingerprint density at radius 3 is 1.91 bits per heavy atom. The van der Waals surface area contributed by atoms with Crippen LogP contribution >= 0.6 is 7.37 Å². The zero-order valence-corrected chi connectivity index (χ0v) is 20.5. The van der Waals surface area contributed by atoms with Gasteiger partial charge >= 0.3 is 12.1 Å². The van der Waals surface area contributed by atoms with Gasteiger partial charge in [-0.3, -0.25) is 9.36 Å². The maximum absolute atomic E-state index is 13.7. The van der Waals surface area contributed by atoms with E-state index in [4.69, 9.17) is 9.26 Å². The number of carboxylic acid groups (broad SMARTS) is 1. The van der Waals surface area contributed by atoms with Crippen molar-refractivity contribution in [3.8, 4) is 0 Å². The number of ether oxygens (including phenoxy) is 1. The molecule has 3 aromatic carbocycles. The first kappa shape index (κ1) is 26.2. The van der Waals surface area contributed by atoms with Crippen LogP contribution in [0.1, 0.15) is 16.7 Å². The van der Waals surface area contributed by atoms with E-state index in [2.05, 4.69) is 5.32 Å². The molecule has 0 fully saturated rings. The molecular weight excluding hydrogens is 465 g/mol. The van der Waals surface area contributed by atoms with Crippen LogP contribution in [0.15, 0.2) is 91.0 Å². The molecule has 0 heterocycles. The third-order valence-corrected chi connectivity index (χ3v) is 7.76. The highest BCUT2D eigenvalue weighted by Gasteiger charge is 2.41. The summed E-state index contributed by atoms with van der Waals surface area (Å²) in [4.78, 5) is 24.9. The van der Waals surface area contributed by atoms with Crippen LogP contribution < -0.4 is 5.32 Å². The van der Waals surface area contributed by atoms with Crippen molar-refractivity contribution in [2.24, 2.45) is 5.92 Å². The molecule has 1 amide bonds. The summed E-state index contributed by atoms with van der Waals surface area (Å²) >= 11 is 0. The number of hydrogen-bond donors (Lipinski definition) is 2. The Labute approximate surface area is 205 Å². The quantitative estimate of drug-likeness (QED) is 0.329. The average molecular weight is 496 g/mol. The summed E-state index contributed by atoms with van der Waals surface area (Å²) in [5.41, 5.74) is 2.52. The Balaban J connectivity index is 1.76. The van der Waals surface area contributed by atoms with Crippen LogP contribution in [0.25, 0.3) is 0 Å². The summed E-state index contributed by atoms with van der Waals surface area (Å²) in [5.74, 6) is -3.65. The van der Waals surface area contributed by atoms with Gasteiger partial charge in [-0.2, -0.15) is 0 Å². The van der Waals surface area contributed by atoms with Crippen LogP contribution in [0, 0.1) is 5.92 Å². The summed E-state index contributed by atoms with van der Waals surface area (Å²) in [6, 6.07) is 27.6. The number of hydrogen-bond acceptors (Lipinski definition) is 5. The first-order valence-corrected chi connectivity index (χ1v) is 13.5. The molecule has 35 heavy (non-hydrogen) atoms. The van der Waals surface area contributed by atoms with E-state index in [0.717, 1.165) is 16.7 Å². The third kappa shape index (κ3) is 8.39. The highest BCUT2D eigenvalue weighted by Crippen LogP contribution is 2.50. The first-order valence-electron chi connectivity index (χ1n) is 11.3. The Kier molecular flexibility index (Phi) is 9.65. The lowest BCUT2D eigenvalue weighted by atomic mass is 9.99. The summed E-state index contributed by atoms with van der Waals surface area (Å²) in [5, 5.41) is 12.6. The topological polar surface area (TPSA) is 102 Å². The number of rotatable bonds is 12. The molecule has 3 aromatic rings. The van der Waals surface area contributed by atoms with Gasteiger partial charge in [0.2, 0.25) is 7.37 Å². The number of aliphatic carboxylic acids is 1. The maximum Gasteiger partial charge on any atom is 0.408 e. The van der Waals surface area contributed by atoms with Crippen LogP contribution in [-0.4, -0.2) is 36.2 Å². The van der Waals surface area contributed by atoms with Crippen LogP contribution in [-0.2, 0) is 38.1 Å². The zero-order chi connectivity index (χ0) is 25.1. The molecule has 0 bridgehead atoms. The highest BCUT2D eigenvalue weighted by atomic mass is 31.2. The molecule has 3 rings (SSSR count). The predicted molar refractivity (Wildman–Crippen MR) is 134 cm³/mol. The van der Waals surface area contributed by atoms with Gasteiger partial charge < -0.3 is 19.7 Å². The van der Waals surface area contributed by atoms with Crippen molar-refractivity contribution in [3.63, 3.8) is 0 Å². The molecule has 0 aliphatic carbocycles. The van der Waals surface area contributed by atoms with E-state index in [-0.39, 0.29) is 19.6 Å². The molecule has 0 radical (unpaired) electrons. The second-order valence-corrected chi connectivity index (χ2v) is 10.9. The average Bonchev–Trinajstić information content (AvgIpc) is 2.86. The van der Waals surface area contributed by atoms with Gasteiger partial charge in [0.05, 0.1) is 12.5 Å². The van der Waals surface area contributed by atoms with Crippen molar-refractivity contribution in [2.75, 3.05) is 13.3 Å². The molecule has 0 saturated heterocycles. The van der Waals surface area contributed by atoms with Crippen molar-refractivity contribution in [2.45, 2.75) is 25.2 Å². The van der Waals surface area contributed by atoms with Crippen molar-refractivity contribution in [1.82, 2.24) is 5.32 Å². The lowest BCUT2D eigenvalue weighted by Gasteiger charge is -2.30. The molecule has 0 saturated carbocycles. The molecule has 7 nitrogen and oxygen atoms in total. The van der Waals surface area contributed by atoms with E-state index in [1.165, 1.54) is 6.66 Å². The second kappa shape index (κ2) is 12.9. The fourth-order valence-electron chi connectivity index (χ4n) is 3.70. The fourth-order valence-corrected chi connectivity index (χ4v) is 5.54. The van der Waals surface area contributed by atoms with Crippen LogP contribution in [0.2, 0.25) is 0 Å². The van der Waals surface area contributed by atoms with Gasteiger partial charge in [0.1, 0.15) is 12.4 Å². The summed E-state index contributed by atoms with van der Waals surface area (Å²) < 4.78 is 24.7. The Hall–Kier alpha value is -3.41. The number of benzene rings is 3. The van der Waals surface area contributed by atoms with Crippen molar-refractivity contribution in [3.05, 3.63) is 108 Å². The van der Waals surface area contributed by atoms with Crippen molar-refractivity contribution >= 4 is 19.4 Å². The largest absolute Gasteiger partial charge is 0.481 e.